The van der Waals surface area contributed by atoms with Crippen LogP contribution in [0.25, 0.3) is 0 Å². The second-order valence-electron chi connectivity index (χ2n) is 4.01. The number of amides is 1. The molecule has 5 heteroatoms. The number of hydrogen-bond acceptors (Lipinski definition) is 4. The zero-order valence-electron chi connectivity index (χ0n) is 8.69. The second kappa shape index (κ2) is 4.28. The van der Waals surface area contributed by atoms with Gasteiger partial charge < -0.3 is 5.73 Å². The van der Waals surface area contributed by atoms with Crippen molar-refractivity contribution in [2.45, 2.75) is 25.8 Å². The Hall–Kier alpha value is -0.940. The highest BCUT2D eigenvalue weighted by atomic mass is 32.1. The summed E-state index contributed by atoms with van der Waals surface area (Å²) >= 11 is 1.48. The van der Waals surface area contributed by atoms with Crippen LogP contribution >= 0.6 is 11.3 Å². The number of hydrogen-bond donors (Lipinski definition) is 2. The lowest BCUT2D eigenvalue weighted by Gasteiger charge is -2.11. The van der Waals surface area contributed by atoms with Gasteiger partial charge in [0.1, 0.15) is 11.0 Å². The second-order valence-corrected chi connectivity index (χ2v) is 4.90. The molecule has 0 aromatic carbocycles. The van der Waals surface area contributed by atoms with Gasteiger partial charge in [-0.2, -0.15) is 0 Å². The van der Waals surface area contributed by atoms with E-state index in [1.807, 2.05) is 12.3 Å². The van der Waals surface area contributed by atoms with Gasteiger partial charge in [0.15, 0.2) is 0 Å². The predicted molar refractivity (Wildman–Crippen MR) is 59.5 cm³/mol. The number of thiazole rings is 1. The lowest BCUT2D eigenvalue weighted by molar-refractivity contribution is -0.120. The van der Waals surface area contributed by atoms with Crippen LogP contribution in [0, 0.1) is 12.8 Å². The molecule has 1 fully saturated rings. The predicted octanol–water partition coefficient (Wildman–Crippen LogP) is 0.978. The molecule has 1 saturated carbocycles. The SMILES string of the molecule is Cc1csc(C(NCC2CC2)C(N)=O)n1. The number of primary amides is 1. The summed E-state index contributed by atoms with van der Waals surface area (Å²) < 4.78 is 0. The minimum atomic E-state index is -0.413. The van der Waals surface area contributed by atoms with Crippen molar-refractivity contribution in [3.05, 3.63) is 16.1 Å². The molecule has 0 aliphatic heterocycles. The molecule has 4 nitrogen and oxygen atoms in total. The van der Waals surface area contributed by atoms with Gasteiger partial charge in [0, 0.05) is 11.1 Å². The Bertz CT molecular complexity index is 359. The first-order chi connectivity index (χ1) is 7.16. The van der Waals surface area contributed by atoms with Crippen LogP contribution in [0.1, 0.15) is 29.6 Å². The van der Waals surface area contributed by atoms with Gasteiger partial charge in [-0.25, -0.2) is 4.98 Å². The van der Waals surface area contributed by atoms with E-state index in [9.17, 15) is 4.79 Å². The highest BCUT2D eigenvalue weighted by Crippen LogP contribution is 2.28. The quantitative estimate of drug-likeness (QED) is 0.785. The molecule has 1 aliphatic rings. The summed E-state index contributed by atoms with van der Waals surface area (Å²) in [5.41, 5.74) is 6.29. The third-order valence-electron chi connectivity index (χ3n) is 2.48. The Labute approximate surface area is 92.9 Å². The molecule has 1 unspecified atom stereocenters. The average molecular weight is 225 g/mol. The maximum absolute atomic E-state index is 11.3. The normalized spacial score (nSPS) is 17.7. The van der Waals surface area contributed by atoms with Gasteiger partial charge in [-0.05, 0) is 32.2 Å². The van der Waals surface area contributed by atoms with Crippen LogP contribution in [0.3, 0.4) is 0 Å². The number of carbonyl (C=O) groups excluding carboxylic acids is 1. The van der Waals surface area contributed by atoms with E-state index in [4.69, 9.17) is 5.73 Å². The monoisotopic (exact) mass is 225 g/mol. The number of nitrogens with one attached hydrogen (secondary N) is 1. The fraction of sp³-hybridized carbons (Fsp3) is 0.600. The summed E-state index contributed by atoms with van der Waals surface area (Å²) in [6, 6.07) is -0.413. The zero-order chi connectivity index (χ0) is 10.8. The van der Waals surface area contributed by atoms with Crippen molar-refractivity contribution in [2.24, 2.45) is 11.7 Å². The highest BCUT2D eigenvalue weighted by molar-refractivity contribution is 7.09. The summed E-state index contributed by atoms with van der Waals surface area (Å²) in [7, 11) is 0. The molecular formula is C10H15N3OS. The van der Waals surface area contributed by atoms with E-state index in [-0.39, 0.29) is 5.91 Å². The lowest BCUT2D eigenvalue weighted by Crippen LogP contribution is -2.34. The molecule has 0 radical (unpaired) electrons. The van der Waals surface area contributed by atoms with E-state index >= 15 is 0 Å². The number of nitrogens with zero attached hydrogens (tertiary/aromatic N) is 1. The summed E-state index contributed by atoms with van der Waals surface area (Å²) in [5, 5.41) is 5.90. The molecule has 15 heavy (non-hydrogen) atoms. The number of rotatable bonds is 5. The van der Waals surface area contributed by atoms with Crippen molar-refractivity contribution in [2.75, 3.05) is 6.54 Å². The molecule has 1 atom stereocenters. The first kappa shape index (κ1) is 10.6. The number of nitrogens with two attached hydrogens (primary N) is 1. The van der Waals surface area contributed by atoms with Crippen molar-refractivity contribution >= 4 is 17.2 Å². The largest absolute Gasteiger partial charge is 0.368 e. The summed E-state index contributed by atoms with van der Waals surface area (Å²) in [6.07, 6.45) is 2.52. The Kier molecular flexibility index (Phi) is 3.02. The fourth-order valence-electron chi connectivity index (χ4n) is 1.42. The van der Waals surface area contributed by atoms with Gasteiger partial charge in [-0.15, -0.1) is 11.3 Å². The Morgan fingerprint density at radius 2 is 2.53 bits per heavy atom. The Morgan fingerprint density at radius 1 is 1.80 bits per heavy atom. The van der Waals surface area contributed by atoms with E-state index in [2.05, 4.69) is 10.3 Å². The number of aromatic nitrogens is 1. The molecule has 2 rings (SSSR count). The third-order valence-corrected chi connectivity index (χ3v) is 3.50. The summed E-state index contributed by atoms with van der Waals surface area (Å²) in [4.78, 5) is 15.6. The van der Waals surface area contributed by atoms with Gasteiger partial charge in [-0.1, -0.05) is 0 Å². The Morgan fingerprint density at radius 3 is 3.00 bits per heavy atom. The third kappa shape index (κ3) is 2.76. The molecule has 3 N–H and O–H groups in total. The summed E-state index contributed by atoms with van der Waals surface area (Å²) in [6.45, 7) is 2.78. The maximum Gasteiger partial charge on any atom is 0.241 e. The van der Waals surface area contributed by atoms with Crippen LogP contribution in [0.5, 0.6) is 0 Å². The van der Waals surface area contributed by atoms with Crippen molar-refractivity contribution in [1.29, 1.82) is 0 Å². The first-order valence-electron chi connectivity index (χ1n) is 5.11. The molecule has 1 aliphatic carbocycles. The smallest absolute Gasteiger partial charge is 0.241 e. The fourth-order valence-corrected chi connectivity index (χ4v) is 2.30. The maximum atomic E-state index is 11.3. The van der Waals surface area contributed by atoms with E-state index in [0.29, 0.717) is 0 Å². The van der Waals surface area contributed by atoms with E-state index in [1.165, 1.54) is 24.2 Å². The van der Waals surface area contributed by atoms with Crippen LogP contribution < -0.4 is 11.1 Å². The van der Waals surface area contributed by atoms with Crippen molar-refractivity contribution < 1.29 is 4.79 Å². The van der Waals surface area contributed by atoms with Crippen LogP contribution in [0.4, 0.5) is 0 Å². The van der Waals surface area contributed by atoms with E-state index < -0.39 is 6.04 Å². The molecule has 0 spiro atoms. The van der Waals surface area contributed by atoms with Crippen LogP contribution in [-0.4, -0.2) is 17.4 Å². The minimum Gasteiger partial charge on any atom is -0.368 e. The van der Waals surface area contributed by atoms with Crippen molar-refractivity contribution in [3.8, 4) is 0 Å². The van der Waals surface area contributed by atoms with Crippen molar-refractivity contribution in [3.63, 3.8) is 0 Å². The van der Waals surface area contributed by atoms with E-state index in [1.54, 1.807) is 0 Å². The molecule has 1 aromatic rings. The van der Waals surface area contributed by atoms with Gasteiger partial charge in [0.2, 0.25) is 5.91 Å². The molecule has 0 bridgehead atoms. The molecule has 1 amide bonds. The minimum absolute atomic E-state index is 0.343. The zero-order valence-corrected chi connectivity index (χ0v) is 9.51. The van der Waals surface area contributed by atoms with Crippen LogP contribution in [0.15, 0.2) is 5.38 Å². The first-order valence-corrected chi connectivity index (χ1v) is 5.99. The average Bonchev–Trinajstić information content (AvgIpc) is 2.89. The topological polar surface area (TPSA) is 68.0 Å². The number of aryl methyl sites for hydroxylation is 1. The van der Waals surface area contributed by atoms with E-state index in [0.717, 1.165) is 23.2 Å². The molecule has 0 saturated heterocycles. The standard InChI is InChI=1S/C10H15N3OS/c1-6-5-15-10(13-6)8(9(11)14)12-4-7-2-3-7/h5,7-8,12H,2-4H2,1H3,(H2,11,14). The van der Waals surface area contributed by atoms with Gasteiger partial charge in [0.05, 0.1) is 0 Å². The van der Waals surface area contributed by atoms with Crippen LogP contribution in [0.2, 0.25) is 0 Å². The molecular weight excluding hydrogens is 210 g/mol. The van der Waals surface area contributed by atoms with Gasteiger partial charge in [0.25, 0.3) is 0 Å². The molecule has 1 heterocycles. The van der Waals surface area contributed by atoms with Crippen molar-refractivity contribution in [1.82, 2.24) is 10.3 Å². The van der Waals surface area contributed by atoms with Gasteiger partial charge >= 0.3 is 0 Å². The molecule has 82 valence electrons. The summed E-state index contributed by atoms with van der Waals surface area (Å²) in [5.74, 6) is 0.387. The highest BCUT2D eigenvalue weighted by Gasteiger charge is 2.26. The lowest BCUT2D eigenvalue weighted by atomic mass is 10.2. The number of carbonyl (C=O) groups is 1. The molecule has 1 aromatic heterocycles. The Balaban J connectivity index is 2.01. The van der Waals surface area contributed by atoms with Crippen LogP contribution in [-0.2, 0) is 4.79 Å². The van der Waals surface area contributed by atoms with Gasteiger partial charge in [-0.3, -0.25) is 10.1 Å².